The standard InChI is InChI=1S/C59H92O12/c1-4-7-10-13-16-19-22-24-26-28-31-33-36-39-42-45-51(60)67-48-50(69-52(61)46-43-40-37-35-32-29-27-25-23-20-17-14-11-8-5-2)49-68-59-57(55(64)54(63)56(71-59)58(65)66)70-53(62)47-44-41-38-34-30-21-18-15-12-9-6-3/h7-8,10-11,16-17,19-20,24-27,31-33,35,39,42,50,54-57,59,63-64H,4-6,9,12-15,18,21-23,28-30,34,36-38,40-41,43-49H2,1-3H3,(H,65,66)/b10-7-,11-8-,19-16-,20-17-,26-24-,27-25-,33-31-,35-32-,42-39-. The van der Waals surface area contributed by atoms with E-state index in [1.807, 2.05) is 12.2 Å². The number of carbonyl (C=O) groups excluding carboxylic acids is 3. The second-order valence-electron chi connectivity index (χ2n) is 17.8. The van der Waals surface area contributed by atoms with Crippen LogP contribution in [0.25, 0.3) is 0 Å². The zero-order valence-corrected chi connectivity index (χ0v) is 43.7. The van der Waals surface area contributed by atoms with E-state index >= 15 is 0 Å². The van der Waals surface area contributed by atoms with Crippen molar-refractivity contribution in [2.45, 2.75) is 225 Å². The Balaban J connectivity index is 2.82. The molecule has 0 saturated carbocycles. The van der Waals surface area contributed by atoms with E-state index in [1.54, 1.807) is 6.08 Å². The summed E-state index contributed by atoms with van der Waals surface area (Å²) in [6.45, 7) is 5.59. The SMILES string of the molecule is CC/C=C\C/C=C\C/C=C\C/C=C\C/C=C\CC(=O)OCC(COC1OC(C(=O)O)C(O)C(O)C1OC(=O)CCCCCCCCCCCCC)OC(=O)CCCC/C=C\C/C=C\C/C=C\C/C=C\CC. The molecule has 1 heterocycles. The fourth-order valence-electron chi connectivity index (χ4n) is 7.31. The predicted octanol–water partition coefficient (Wildman–Crippen LogP) is 13.1. The van der Waals surface area contributed by atoms with Crippen molar-refractivity contribution < 1.29 is 58.2 Å². The molecule has 0 bridgehead atoms. The lowest BCUT2D eigenvalue weighted by atomic mass is 9.98. The van der Waals surface area contributed by atoms with Crippen molar-refractivity contribution in [1.29, 1.82) is 0 Å². The van der Waals surface area contributed by atoms with Gasteiger partial charge in [-0.15, -0.1) is 0 Å². The maximum absolute atomic E-state index is 13.1. The number of rotatable bonds is 43. The van der Waals surface area contributed by atoms with Gasteiger partial charge in [-0.1, -0.05) is 194 Å². The van der Waals surface area contributed by atoms with Crippen LogP contribution in [0.5, 0.6) is 0 Å². The molecule has 71 heavy (non-hydrogen) atoms. The lowest BCUT2D eigenvalue weighted by molar-refractivity contribution is -0.301. The summed E-state index contributed by atoms with van der Waals surface area (Å²) in [5.41, 5.74) is 0. The summed E-state index contributed by atoms with van der Waals surface area (Å²) in [5.74, 6) is -3.36. The molecular weight excluding hydrogens is 901 g/mol. The van der Waals surface area contributed by atoms with Gasteiger partial charge in [0.2, 0.25) is 0 Å². The Kier molecular flexibility index (Phi) is 42.1. The van der Waals surface area contributed by atoms with Crippen molar-refractivity contribution in [2.24, 2.45) is 0 Å². The highest BCUT2D eigenvalue weighted by atomic mass is 16.7. The summed E-state index contributed by atoms with van der Waals surface area (Å²) in [4.78, 5) is 50.8. The Morgan fingerprint density at radius 3 is 1.42 bits per heavy atom. The molecule has 400 valence electrons. The molecule has 1 fully saturated rings. The number of hydrogen-bond acceptors (Lipinski definition) is 11. The maximum Gasteiger partial charge on any atom is 0.335 e. The number of allylic oxidation sites excluding steroid dienone is 17. The molecule has 1 aliphatic rings. The van der Waals surface area contributed by atoms with Gasteiger partial charge in [0.25, 0.3) is 0 Å². The molecule has 0 aromatic carbocycles. The van der Waals surface area contributed by atoms with Crippen molar-refractivity contribution in [3.8, 4) is 0 Å². The highest BCUT2D eigenvalue weighted by Crippen LogP contribution is 2.26. The summed E-state index contributed by atoms with van der Waals surface area (Å²) >= 11 is 0. The summed E-state index contributed by atoms with van der Waals surface area (Å²) in [6, 6.07) is 0. The molecule has 0 aliphatic carbocycles. The molecule has 6 unspecified atom stereocenters. The van der Waals surface area contributed by atoms with Gasteiger partial charge in [0.15, 0.2) is 24.6 Å². The van der Waals surface area contributed by atoms with Crippen LogP contribution in [0.2, 0.25) is 0 Å². The first kappa shape index (κ1) is 64.4. The fourth-order valence-corrected chi connectivity index (χ4v) is 7.31. The Labute approximate surface area is 427 Å². The topological polar surface area (TPSA) is 175 Å². The van der Waals surface area contributed by atoms with Crippen LogP contribution in [-0.2, 0) is 42.9 Å². The van der Waals surface area contributed by atoms with Crippen molar-refractivity contribution in [3.63, 3.8) is 0 Å². The highest BCUT2D eigenvalue weighted by molar-refractivity contribution is 5.74. The highest BCUT2D eigenvalue weighted by Gasteiger charge is 2.50. The number of unbranched alkanes of at least 4 members (excludes halogenated alkanes) is 12. The Bertz CT molecular complexity index is 1650. The second kappa shape index (κ2) is 46.5. The van der Waals surface area contributed by atoms with Crippen LogP contribution >= 0.6 is 0 Å². The summed E-state index contributed by atoms with van der Waals surface area (Å²) in [6.07, 6.45) is 49.6. The third-order valence-corrected chi connectivity index (χ3v) is 11.4. The Morgan fingerprint density at radius 1 is 0.493 bits per heavy atom. The zero-order valence-electron chi connectivity index (χ0n) is 43.7. The number of ether oxygens (including phenoxy) is 5. The molecule has 0 aromatic rings. The number of aliphatic hydroxyl groups excluding tert-OH is 2. The molecule has 1 rings (SSSR count). The van der Waals surface area contributed by atoms with Gasteiger partial charge in [-0.3, -0.25) is 14.4 Å². The third kappa shape index (κ3) is 36.9. The van der Waals surface area contributed by atoms with Crippen LogP contribution in [0.4, 0.5) is 0 Å². The van der Waals surface area contributed by atoms with E-state index in [4.69, 9.17) is 23.7 Å². The van der Waals surface area contributed by atoms with Crippen LogP contribution in [0.15, 0.2) is 109 Å². The quantitative estimate of drug-likeness (QED) is 0.0229. The third-order valence-electron chi connectivity index (χ3n) is 11.4. The lowest BCUT2D eigenvalue weighted by Gasteiger charge is -2.40. The molecule has 0 aromatic heterocycles. The van der Waals surface area contributed by atoms with Gasteiger partial charge >= 0.3 is 23.9 Å². The van der Waals surface area contributed by atoms with Gasteiger partial charge in [0.05, 0.1) is 13.0 Å². The first-order valence-corrected chi connectivity index (χ1v) is 26.9. The van der Waals surface area contributed by atoms with Crippen LogP contribution in [0, 0.1) is 0 Å². The number of hydrogen-bond donors (Lipinski definition) is 3. The number of carboxylic acid groups (broad SMARTS) is 1. The van der Waals surface area contributed by atoms with Gasteiger partial charge in [-0.25, -0.2) is 4.79 Å². The monoisotopic (exact) mass is 993 g/mol. The van der Waals surface area contributed by atoms with Gasteiger partial charge in [0, 0.05) is 12.8 Å². The van der Waals surface area contributed by atoms with Gasteiger partial charge in [-0.05, 0) is 83.5 Å². The van der Waals surface area contributed by atoms with Crippen molar-refractivity contribution >= 4 is 23.9 Å². The smallest absolute Gasteiger partial charge is 0.335 e. The molecule has 3 N–H and O–H groups in total. The van der Waals surface area contributed by atoms with Gasteiger partial charge in [-0.2, -0.15) is 0 Å². The molecule has 12 nitrogen and oxygen atoms in total. The van der Waals surface area contributed by atoms with Crippen molar-refractivity contribution in [1.82, 2.24) is 0 Å². The molecule has 12 heteroatoms. The van der Waals surface area contributed by atoms with Crippen molar-refractivity contribution in [2.75, 3.05) is 13.2 Å². The van der Waals surface area contributed by atoms with Crippen LogP contribution in [0.3, 0.4) is 0 Å². The molecule has 6 atom stereocenters. The fraction of sp³-hybridized carbons (Fsp3) is 0.627. The van der Waals surface area contributed by atoms with Gasteiger partial charge < -0.3 is 39.0 Å². The molecular formula is C59H92O12. The minimum atomic E-state index is -1.92. The van der Waals surface area contributed by atoms with Crippen molar-refractivity contribution in [3.05, 3.63) is 109 Å². The number of esters is 3. The van der Waals surface area contributed by atoms with E-state index in [1.165, 1.54) is 38.5 Å². The van der Waals surface area contributed by atoms with E-state index in [2.05, 4.69) is 112 Å². The first-order valence-electron chi connectivity index (χ1n) is 26.9. The molecule has 0 spiro atoms. The number of aliphatic carboxylic acids is 1. The van der Waals surface area contributed by atoms with Crippen LogP contribution in [-0.4, -0.2) is 89.2 Å². The Morgan fingerprint density at radius 2 is 0.930 bits per heavy atom. The Hall–Kier alpha value is -4.62. The summed E-state index contributed by atoms with van der Waals surface area (Å²) in [5, 5.41) is 31.3. The zero-order chi connectivity index (χ0) is 51.8. The summed E-state index contributed by atoms with van der Waals surface area (Å²) < 4.78 is 28.1. The second-order valence-corrected chi connectivity index (χ2v) is 17.8. The number of carboxylic acids is 1. The average molecular weight is 993 g/mol. The van der Waals surface area contributed by atoms with E-state index in [0.717, 1.165) is 89.9 Å². The molecule has 0 radical (unpaired) electrons. The van der Waals surface area contributed by atoms with E-state index in [9.17, 15) is 34.5 Å². The number of aliphatic hydroxyl groups is 2. The van der Waals surface area contributed by atoms with E-state index < -0.39 is 67.3 Å². The number of carbonyl (C=O) groups is 4. The molecule has 1 saturated heterocycles. The minimum absolute atomic E-state index is 0.0282. The minimum Gasteiger partial charge on any atom is -0.479 e. The molecule has 1 aliphatic heterocycles. The van der Waals surface area contributed by atoms with Gasteiger partial charge in [0.1, 0.15) is 18.8 Å². The normalized spacial score (nSPS) is 19.4. The van der Waals surface area contributed by atoms with Crippen LogP contribution < -0.4 is 0 Å². The first-order chi connectivity index (χ1) is 34.6. The largest absolute Gasteiger partial charge is 0.479 e. The molecule has 0 amide bonds. The van der Waals surface area contributed by atoms with E-state index in [-0.39, 0.29) is 25.9 Å². The lowest BCUT2D eigenvalue weighted by Crippen LogP contribution is -2.61. The maximum atomic E-state index is 13.1. The average Bonchev–Trinajstić information content (AvgIpc) is 3.35. The summed E-state index contributed by atoms with van der Waals surface area (Å²) in [7, 11) is 0. The van der Waals surface area contributed by atoms with E-state index in [0.29, 0.717) is 19.3 Å². The van der Waals surface area contributed by atoms with Crippen LogP contribution in [0.1, 0.15) is 188 Å². The predicted molar refractivity (Wildman–Crippen MR) is 284 cm³/mol.